The zero-order chi connectivity index (χ0) is 47.9. The van der Waals surface area contributed by atoms with E-state index in [9.17, 15) is 14.4 Å². The highest BCUT2D eigenvalue weighted by atomic mass is 16.5. The number of anilines is 3. The fraction of sp³-hybridized carbons (Fsp3) is 0.393. The summed E-state index contributed by atoms with van der Waals surface area (Å²) in [5, 5.41) is 0. The van der Waals surface area contributed by atoms with Crippen LogP contribution in [-0.4, -0.2) is 96.2 Å². The third-order valence-corrected chi connectivity index (χ3v) is 13.6. The van der Waals surface area contributed by atoms with Crippen LogP contribution in [0.3, 0.4) is 0 Å². The van der Waals surface area contributed by atoms with Crippen LogP contribution in [0, 0.1) is 6.92 Å². The number of hydrogen-bond donors (Lipinski definition) is 0. The van der Waals surface area contributed by atoms with Crippen molar-refractivity contribution in [1.29, 1.82) is 0 Å². The molecule has 4 aliphatic heterocycles. The van der Waals surface area contributed by atoms with Gasteiger partial charge in [-0.2, -0.15) is 0 Å². The molecule has 4 aliphatic rings. The number of aryl methyl sites for hydroxylation is 2. The van der Waals surface area contributed by atoms with Gasteiger partial charge < -0.3 is 38.2 Å². The standard InChI is InChI=1S/C56H62N4O9/c1-5-46(61)13-10-18-58(19-20-66-23-24-67-22-21-64-3)44-27-38(35-68-52-31-40-16-17-43-29-41-11-6-8-14-50(41)59(43)55(62)47(40)25-37(52)2)26-39(28-44)36-69-54-33-49-48(32-53(54)65-4)56(63)60-45(34-57-49)30-42-12-7-9-15-51(42)60/h6-9,11-12,14-15,25-28,31-34,43,45H,5,10,13,16-24,29-30,35-36H2,1-4H3/t43-,45+/m1/s1. The molecule has 4 heterocycles. The van der Waals surface area contributed by atoms with Crippen molar-refractivity contribution >= 4 is 46.6 Å². The topological polar surface area (TPSA) is 129 Å². The van der Waals surface area contributed by atoms with Gasteiger partial charge in [-0.15, -0.1) is 0 Å². The maximum absolute atomic E-state index is 14.1. The number of aliphatic imine (C=N–C) groups is 1. The van der Waals surface area contributed by atoms with Crippen LogP contribution < -0.4 is 28.9 Å². The fourth-order valence-electron chi connectivity index (χ4n) is 9.97. The molecular weight excluding hydrogens is 873 g/mol. The Morgan fingerprint density at radius 1 is 0.710 bits per heavy atom. The van der Waals surface area contributed by atoms with Crippen molar-refractivity contribution in [1.82, 2.24) is 0 Å². The Kier molecular flexibility index (Phi) is 15.0. The number of Topliss-reactive ketones (excluding diaryl/α,β-unsaturated/α-hetero) is 1. The van der Waals surface area contributed by atoms with Crippen LogP contribution in [-0.2, 0) is 51.5 Å². The summed E-state index contributed by atoms with van der Waals surface area (Å²) in [5.74, 6) is 1.76. The third-order valence-electron chi connectivity index (χ3n) is 13.6. The lowest BCUT2D eigenvalue weighted by atomic mass is 9.98. The van der Waals surface area contributed by atoms with E-state index >= 15 is 0 Å². The van der Waals surface area contributed by atoms with E-state index in [0.29, 0.717) is 94.6 Å². The molecule has 2 amide bonds. The largest absolute Gasteiger partial charge is 0.493 e. The number of benzene rings is 5. The predicted molar refractivity (Wildman–Crippen MR) is 267 cm³/mol. The molecule has 0 radical (unpaired) electrons. The molecule has 13 heteroatoms. The first-order valence-corrected chi connectivity index (χ1v) is 24.2. The Morgan fingerprint density at radius 3 is 2.13 bits per heavy atom. The van der Waals surface area contributed by atoms with Gasteiger partial charge in [-0.3, -0.25) is 24.3 Å². The van der Waals surface area contributed by atoms with Crippen molar-refractivity contribution in [3.05, 3.63) is 136 Å². The van der Waals surface area contributed by atoms with Gasteiger partial charge in [0.2, 0.25) is 0 Å². The molecule has 9 rings (SSSR count). The summed E-state index contributed by atoms with van der Waals surface area (Å²) >= 11 is 0. The summed E-state index contributed by atoms with van der Waals surface area (Å²) in [4.78, 5) is 51.6. The van der Waals surface area contributed by atoms with Crippen molar-refractivity contribution in [3.63, 3.8) is 0 Å². The van der Waals surface area contributed by atoms with Crippen molar-refractivity contribution in [2.75, 3.05) is 75.0 Å². The normalized spacial score (nSPS) is 16.5. The number of ether oxygens (including phenoxy) is 6. The Balaban J connectivity index is 0.977. The summed E-state index contributed by atoms with van der Waals surface area (Å²) in [6.07, 6.45) is 6.73. The van der Waals surface area contributed by atoms with Gasteiger partial charge in [-0.25, -0.2) is 0 Å². The van der Waals surface area contributed by atoms with E-state index in [1.165, 1.54) is 5.56 Å². The molecule has 0 fully saturated rings. The zero-order valence-corrected chi connectivity index (χ0v) is 40.2. The number of hydrogen-bond acceptors (Lipinski definition) is 11. The SMILES string of the molecule is CCC(=O)CCCN(CCOCCOCCOC)c1cc(COc2cc3c(cc2C)C(=O)N2c4ccccc4C[C@H]2CC3)cc(COc2cc3c(cc2OC)C(=O)N2c4ccccc4C[C@H]2C=N3)c1. The highest BCUT2D eigenvalue weighted by Crippen LogP contribution is 2.42. The second-order valence-electron chi connectivity index (χ2n) is 18.1. The Labute approximate surface area is 404 Å². The van der Waals surface area contributed by atoms with Crippen LogP contribution in [0.25, 0.3) is 0 Å². The number of rotatable bonds is 22. The lowest BCUT2D eigenvalue weighted by Crippen LogP contribution is -2.37. The van der Waals surface area contributed by atoms with Gasteiger partial charge in [0.1, 0.15) is 24.7 Å². The second-order valence-corrected chi connectivity index (χ2v) is 18.1. The highest BCUT2D eigenvalue weighted by Gasteiger charge is 2.38. The molecule has 0 saturated heterocycles. The Hall–Kier alpha value is -6.54. The van der Waals surface area contributed by atoms with Gasteiger partial charge in [0.15, 0.2) is 11.5 Å². The summed E-state index contributed by atoms with van der Waals surface area (Å²) in [5.41, 5.74) is 10.6. The first-order valence-electron chi connectivity index (χ1n) is 24.2. The molecule has 13 nitrogen and oxygen atoms in total. The van der Waals surface area contributed by atoms with Crippen molar-refractivity contribution < 1.29 is 42.8 Å². The molecule has 0 N–H and O–H groups in total. The fourth-order valence-corrected chi connectivity index (χ4v) is 9.97. The van der Waals surface area contributed by atoms with Gasteiger partial charge in [0, 0.05) is 80.4 Å². The van der Waals surface area contributed by atoms with Crippen LogP contribution >= 0.6 is 0 Å². The van der Waals surface area contributed by atoms with Gasteiger partial charge in [0.25, 0.3) is 11.8 Å². The van der Waals surface area contributed by atoms with E-state index in [-0.39, 0.29) is 42.9 Å². The predicted octanol–water partition coefficient (Wildman–Crippen LogP) is 9.21. The first-order chi connectivity index (χ1) is 33.7. The second kappa shape index (κ2) is 21.8. The van der Waals surface area contributed by atoms with Gasteiger partial charge in [-0.1, -0.05) is 43.3 Å². The number of carbonyl (C=O) groups is 3. The van der Waals surface area contributed by atoms with Crippen molar-refractivity contribution in [2.45, 2.75) is 84.1 Å². The van der Waals surface area contributed by atoms with Crippen LogP contribution in [0.1, 0.15) is 86.7 Å². The van der Waals surface area contributed by atoms with Crippen molar-refractivity contribution in [2.24, 2.45) is 4.99 Å². The number of ketones is 1. The molecule has 0 saturated carbocycles. The number of methoxy groups -OCH3 is 2. The summed E-state index contributed by atoms with van der Waals surface area (Å²) in [6, 6.07) is 30.0. The number of amides is 2. The smallest absolute Gasteiger partial charge is 0.261 e. The minimum atomic E-state index is -0.184. The van der Waals surface area contributed by atoms with E-state index in [0.717, 1.165) is 75.5 Å². The molecule has 5 aromatic rings. The number of carbonyl (C=O) groups excluding carboxylic acids is 3. The highest BCUT2D eigenvalue weighted by molar-refractivity contribution is 6.15. The lowest BCUT2D eigenvalue weighted by Gasteiger charge is -2.26. The molecule has 0 spiro atoms. The van der Waals surface area contributed by atoms with E-state index < -0.39 is 0 Å². The number of para-hydroxylation sites is 2. The maximum Gasteiger partial charge on any atom is 0.261 e. The minimum Gasteiger partial charge on any atom is -0.493 e. The van der Waals surface area contributed by atoms with Crippen LogP contribution in [0.5, 0.6) is 17.2 Å². The van der Waals surface area contributed by atoms with E-state index in [1.807, 2.05) is 66.3 Å². The molecular formula is C56H62N4O9. The van der Waals surface area contributed by atoms with Gasteiger partial charge >= 0.3 is 0 Å². The minimum absolute atomic E-state index is 0.0448. The summed E-state index contributed by atoms with van der Waals surface area (Å²) < 4.78 is 35.8. The monoisotopic (exact) mass is 934 g/mol. The van der Waals surface area contributed by atoms with E-state index in [2.05, 4.69) is 47.4 Å². The van der Waals surface area contributed by atoms with Gasteiger partial charge in [-0.05, 0) is 115 Å². The molecule has 0 aromatic heterocycles. The third kappa shape index (κ3) is 10.6. The quantitative estimate of drug-likeness (QED) is 0.0620. The molecule has 0 aliphatic carbocycles. The average Bonchev–Trinajstić information content (AvgIpc) is 3.86. The summed E-state index contributed by atoms with van der Waals surface area (Å²) in [6.45, 7) is 7.93. The van der Waals surface area contributed by atoms with Crippen molar-refractivity contribution in [3.8, 4) is 17.2 Å². The average molecular weight is 935 g/mol. The van der Waals surface area contributed by atoms with Gasteiger partial charge in [0.05, 0.1) is 57.4 Å². The lowest BCUT2D eigenvalue weighted by molar-refractivity contribution is -0.118. The van der Waals surface area contributed by atoms with Crippen LogP contribution in [0.2, 0.25) is 0 Å². The van der Waals surface area contributed by atoms with E-state index in [4.69, 9.17) is 33.4 Å². The van der Waals surface area contributed by atoms with E-state index in [1.54, 1.807) is 26.4 Å². The zero-order valence-electron chi connectivity index (χ0n) is 40.2. The molecule has 0 bridgehead atoms. The van der Waals surface area contributed by atoms with Crippen LogP contribution in [0.15, 0.2) is 96.0 Å². The first kappa shape index (κ1) is 47.5. The number of fused-ring (bicyclic) bond motifs is 8. The maximum atomic E-state index is 14.1. The molecule has 0 unspecified atom stereocenters. The Morgan fingerprint density at radius 2 is 1.39 bits per heavy atom. The molecule has 2 atom stereocenters. The number of nitrogens with zero attached hydrogens (tertiary/aromatic N) is 4. The molecule has 360 valence electrons. The van der Waals surface area contributed by atoms with Crippen LogP contribution in [0.4, 0.5) is 22.7 Å². The Bertz CT molecular complexity index is 2720. The molecule has 69 heavy (non-hydrogen) atoms. The molecule has 5 aromatic carbocycles. The summed E-state index contributed by atoms with van der Waals surface area (Å²) in [7, 11) is 3.22.